The molecule has 2 aliphatic carbocycles. The Balaban J connectivity index is 0.000000272. The van der Waals surface area contributed by atoms with Gasteiger partial charge < -0.3 is 15.1 Å². The van der Waals surface area contributed by atoms with Crippen molar-refractivity contribution >= 4 is 11.4 Å². The van der Waals surface area contributed by atoms with Gasteiger partial charge in [0.15, 0.2) is 0 Å². The fraction of sp³-hybridized carbons (Fsp3) is 0.608. The highest BCUT2D eigenvalue weighted by molar-refractivity contribution is 5.52. The summed E-state index contributed by atoms with van der Waals surface area (Å²) >= 11 is 0. The number of piperazine rings is 1. The third kappa shape index (κ3) is 14.0. The van der Waals surface area contributed by atoms with E-state index in [1.807, 2.05) is 13.8 Å². The normalized spacial score (nSPS) is 19.1. The van der Waals surface area contributed by atoms with Gasteiger partial charge in [-0.05, 0) is 130 Å². The van der Waals surface area contributed by atoms with E-state index in [1.165, 1.54) is 153 Å². The highest BCUT2D eigenvalue weighted by Crippen LogP contribution is 2.29. The second kappa shape index (κ2) is 24.5. The van der Waals surface area contributed by atoms with E-state index in [4.69, 9.17) is 0 Å². The fourth-order valence-corrected chi connectivity index (χ4v) is 9.40. The molecule has 0 bridgehead atoms. The van der Waals surface area contributed by atoms with Gasteiger partial charge >= 0.3 is 0 Å². The average Bonchev–Trinajstić information content (AvgIpc) is 3.86. The van der Waals surface area contributed by atoms with E-state index < -0.39 is 0 Å². The molecule has 1 unspecified atom stereocenters. The minimum Gasteiger partial charge on any atom is -0.391 e. The van der Waals surface area contributed by atoms with Crippen LogP contribution >= 0.6 is 0 Å². The summed E-state index contributed by atoms with van der Waals surface area (Å²) in [5.74, 6) is 0.844. The van der Waals surface area contributed by atoms with E-state index in [9.17, 15) is 0 Å². The van der Waals surface area contributed by atoms with E-state index >= 15 is 0 Å². The van der Waals surface area contributed by atoms with E-state index in [0.717, 1.165) is 32.1 Å². The third-order valence-corrected chi connectivity index (χ3v) is 12.9. The number of aryl methyl sites for hydroxylation is 3. The van der Waals surface area contributed by atoms with Crippen molar-refractivity contribution in [1.29, 1.82) is 0 Å². The smallest absolute Gasteiger partial charge is 0.0370 e. The van der Waals surface area contributed by atoms with Crippen molar-refractivity contribution in [3.63, 3.8) is 0 Å². The van der Waals surface area contributed by atoms with E-state index in [2.05, 4.69) is 112 Å². The number of benzene rings is 3. The quantitative estimate of drug-likeness (QED) is 0.196. The maximum absolute atomic E-state index is 3.74. The molecule has 8 rings (SSSR count). The summed E-state index contributed by atoms with van der Waals surface area (Å²) in [4.78, 5) is 10.6. The topological polar surface area (TPSA) is 25.0 Å². The maximum atomic E-state index is 3.74. The van der Waals surface area contributed by atoms with Crippen LogP contribution in [-0.4, -0.2) is 74.7 Å². The molecule has 5 heteroatoms. The highest BCUT2D eigenvalue weighted by atomic mass is 15.3. The van der Waals surface area contributed by atoms with Gasteiger partial charge in [0, 0.05) is 82.9 Å². The molecule has 3 heterocycles. The van der Waals surface area contributed by atoms with Crippen molar-refractivity contribution in [3.8, 4) is 0 Å². The minimum atomic E-state index is 0.652. The lowest BCUT2D eigenvalue weighted by Crippen LogP contribution is -2.49. The van der Waals surface area contributed by atoms with Gasteiger partial charge in [-0.25, -0.2) is 0 Å². The van der Waals surface area contributed by atoms with Crippen LogP contribution in [0.3, 0.4) is 0 Å². The lowest BCUT2D eigenvalue weighted by atomic mass is 9.91. The molecule has 1 saturated carbocycles. The first-order valence-corrected chi connectivity index (χ1v) is 23.1. The average molecular weight is 762 g/mol. The van der Waals surface area contributed by atoms with Crippen molar-refractivity contribution in [3.05, 3.63) is 107 Å². The Bertz CT molecular complexity index is 1510. The monoisotopic (exact) mass is 762 g/mol. The number of piperidine rings is 1. The van der Waals surface area contributed by atoms with Gasteiger partial charge in [-0.3, -0.25) is 9.80 Å². The number of para-hydroxylation sites is 1. The van der Waals surface area contributed by atoms with Crippen LogP contribution < -0.4 is 15.1 Å². The number of unbranched alkanes of at least 4 members (excludes halogenated alkanes) is 1. The molecule has 3 aromatic rings. The Morgan fingerprint density at radius 2 is 1.30 bits per heavy atom. The third-order valence-electron chi connectivity index (χ3n) is 12.9. The highest BCUT2D eigenvalue weighted by Gasteiger charge is 2.26. The summed E-state index contributed by atoms with van der Waals surface area (Å²) < 4.78 is 0. The van der Waals surface area contributed by atoms with Gasteiger partial charge in [0.25, 0.3) is 0 Å². The Hall–Kier alpha value is -3.28. The molecule has 56 heavy (non-hydrogen) atoms. The van der Waals surface area contributed by atoms with Crippen molar-refractivity contribution < 1.29 is 0 Å². The van der Waals surface area contributed by atoms with Gasteiger partial charge in [0.1, 0.15) is 0 Å². The zero-order valence-electron chi connectivity index (χ0n) is 36.3. The van der Waals surface area contributed by atoms with Gasteiger partial charge in [-0.2, -0.15) is 0 Å². The summed E-state index contributed by atoms with van der Waals surface area (Å²) in [6.07, 6.45) is 22.3. The van der Waals surface area contributed by atoms with Crippen LogP contribution in [0.5, 0.6) is 0 Å². The van der Waals surface area contributed by atoms with Crippen LogP contribution in [0.25, 0.3) is 0 Å². The van der Waals surface area contributed by atoms with Gasteiger partial charge in [0.05, 0.1) is 0 Å². The van der Waals surface area contributed by atoms with Crippen molar-refractivity contribution in [2.45, 2.75) is 137 Å². The standard InChI is InChI=1S/C33H49N5.C11H14.C5H10.C2H6/c1-3-34-17-8-7-9-28(2)38-20-16-30-12-13-33(25-31(30)27-38)37-23-21-35(22-24-37)26-29-14-18-36(19-15-29)32-10-5-4-6-11-32;1-9-6-7-10-4-2-3-5-11(10)8-9;1-2-4-5-3-1;1-2/h3-6,10-13,25,28-29,34H,1,7-9,14-24,26-27H2,2H3;6-8H,2-5H2,1H3;1-5H2;1-2H3. The molecule has 1 N–H and O–H groups in total. The van der Waals surface area contributed by atoms with Crippen LogP contribution in [-0.2, 0) is 25.8 Å². The molecular weight excluding hydrogens is 683 g/mol. The minimum absolute atomic E-state index is 0.652. The Labute approximate surface area is 343 Å². The largest absolute Gasteiger partial charge is 0.391 e. The molecule has 1 atom stereocenters. The Kier molecular flexibility index (Phi) is 19.2. The van der Waals surface area contributed by atoms with E-state index in [-0.39, 0.29) is 0 Å². The summed E-state index contributed by atoms with van der Waals surface area (Å²) in [7, 11) is 0. The van der Waals surface area contributed by atoms with Crippen LogP contribution in [0.4, 0.5) is 11.4 Å². The fourth-order valence-electron chi connectivity index (χ4n) is 9.40. The first-order chi connectivity index (χ1) is 27.6. The number of nitrogens with zero attached hydrogens (tertiary/aromatic N) is 4. The predicted molar refractivity (Wildman–Crippen MR) is 244 cm³/mol. The van der Waals surface area contributed by atoms with Gasteiger partial charge in [0.2, 0.25) is 0 Å². The molecule has 5 nitrogen and oxygen atoms in total. The van der Waals surface area contributed by atoms with Gasteiger partial charge in [-0.1, -0.05) is 107 Å². The van der Waals surface area contributed by atoms with Crippen molar-refractivity contribution in [1.82, 2.24) is 15.1 Å². The van der Waals surface area contributed by atoms with Crippen molar-refractivity contribution in [2.75, 3.05) is 68.7 Å². The van der Waals surface area contributed by atoms with Crippen LogP contribution in [0.1, 0.15) is 126 Å². The summed E-state index contributed by atoms with van der Waals surface area (Å²) in [6, 6.07) is 25.8. The second-order valence-corrected chi connectivity index (χ2v) is 17.0. The molecule has 5 aliphatic rings. The molecule has 0 radical (unpaired) electrons. The number of nitrogens with one attached hydrogen (secondary N) is 1. The van der Waals surface area contributed by atoms with E-state index in [1.54, 1.807) is 28.5 Å². The van der Waals surface area contributed by atoms with Crippen molar-refractivity contribution in [2.24, 2.45) is 5.92 Å². The van der Waals surface area contributed by atoms with Crippen LogP contribution in [0.2, 0.25) is 0 Å². The van der Waals surface area contributed by atoms with Crippen LogP contribution in [0, 0.1) is 12.8 Å². The molecule has 308 valence electrons. The number of anilines is 2. The number of fused-ring (bicyclic) bond motifs is 2. The first kappa shape index (κ1) is 43.8. The molecule has 3 fully saturated rings. The first-order valence-electron chi connectivity index (χ1n) is 23.1. The van der Waals surface area contributed by atoms with Gasteiger partial charge in [-0.15, -0.1) is 0 Å². The lowest BCUT2D eigenvalue weighted by Gasteiger charge is -2.40. The Morgan fingerprint density at radius 1 is 0.661 bits per heavy atom. The Morgan fingerprint density at radius 3 is 2.00 bits per heavy atom. The predicted octanol–water partition coefficient (Wildman–Crippen LogP) is 11.2. The second-order valence-electron chi connectivity index (χ2n) is 17.0. The molecule has 3 aliphatic heterocycles. The molecule has 0 aromatic heterocycles. The summed E-state index contributed by atoms with van der Waals surface area (Å²) in [6.45, 7) is 24.1. The molecule has 2 saturated heterocycles. The molecule has 0 amide bonds. The molecule has 0 spiro atoms. The number of rotatable bonds is 11. The number of hydrogen-bond donors (Lipinski definition) is 1. The summed E-state index contributed by atoms with van der Waals surface area (Å²) in [5.41, 5.74) is 10.5. The SMILES string of the molecule is C1CCCC1.C=CNCCCCC(C)N1CCc2ccc(N3CCN(CC4CCN(c5ccccc5)CC4)CC3)cc2C1.CC.Cc1ccc2c(c1)CCCC2. The zero-order valence-corrected chi connectivity index (χ0v) is 36.3. The number of hydrogen-bond acceptors (Lipinski definition) is 5. The van der Waals surface area contributed by atoms with Crippen LogP contribution in [0.15, 0.2) is 79.5 Å². The maximum Gasteiger partial charge on any atom is 0.0370 e. The molecular formula is C51H79N5. The zero-order chi connectivity index (χ0) is 39.4. The lowest BCUT2D eigenvalue weighted by molar-refractivity contribution is 0.179. The van der Waals surface area contributed by atoms with E-state index in [0.29, 0.717) is 6.04 Å². The molecule has 3 aromatic carbocycles. The summed E-state index contributed by atoms with van der Waals surface area (Å²) in [5, 5.41) is 3.22.